The van der Waals surface area contributed by atoms with E-state index in [-0.39, 0.29) is 11.2 Å². The molecule has 3 aromatic rings. The first kappa shape index (κ1) is 18.1. The SMILES string of the molecule is Cc1nn(C)c(C)c1NC(=O)C(C)Sc1nnnn1Cc1ccccc1. The van der Waals surface area contributed by atoms with Crippen molar-refractivity contribution >= 4 is 23.4 Å². The molecule has 9 heteroatoms. The number of rotatable bonds is 6. The second kappa shape index (κ2) is 7.69. The third-order valence-electron chi connectivity index (χ3n) is 4.08. The van der Waals surface area contributed by atoms with Crippen LogP contribution in [0.15, 0.2) is 35.5 Å². The number of carbonyl (C=O) groups is 1. The molecule has 0 radical (unpaired) electrons. The van der Waals surface area contributed by atoms with Gasteiger partial charge in [0, 0.05) is 7.05 Å². The Balaban J connectivity index is 1.67. The van der Waals surface area contributed by atoms with Gasteiger partial charge in [0.25, 0.3) is 0 Å². The highest BCUT2D eigenvalue weighted by Gasteiger charge is 2.21. The summed E-state index contributed by atoms with van der Waals surface area (Å²) in [6, 6.07) is 9.94. The topological polar surface area (TPSA) is 90.5 Å². The summed E-state index contributed by atoms with van der Waals surface area (Å²) < 4.78 is 3.45. The fourth-order valence-corrected chi connectivity index (χ4v) is 3.32. The van der Waals surface area contributed by atoms with Crippen molar-refractivity contribution in [1.82, 2.24) is 30.0 Å². The van der Waals surface area contributed by atoms with E-state index in [1.165, 1.54) is 11.8 Å². The van der Waals surface area contributed by atoms with Gasteiger partial charge in [-0.15, -0.1) is 5.10 Å². The summed E-state index contributed by atoms with van der Waals surface area (Å²) in [7, 11) is 1.86. The zero-order valence-corrected chi connectivity index (χ0v) is 16.0. The summed E-state index contributed by atoms with van der Waals surface area (Å²) in [6.45, 7) is 6.20. The number of carbonyl (C=O) groups excluding carboxylic acids is 1. The molecular weight excluding hydrogens is 350 g/mol. The minimum Gasteiger partial charge on any atom is -0.322 e. The third kappa shape index (κ3) is 3.93. The number of anilines is 1. The van der Waals surface area contributed by atoms with Crippen LogP contribution in [0.3, 0.4) is 0 Å². The summed E-state index contributed by atoms with van der Waals surface area (Å²) in [5.41, 5.74) is 3.57. The Labute approximate surface area is 156 Å². The number of benzene rings is 1. The molecule has 1 N–H and O–H groups in total. The Morgan fingerprint density at radius 2 is 2.00 bits per heavy atom. The first-order chi connectivity index (χ1) is 12.5. The Bertz CT molecular complexity index is 903. The number of tetrazole rings is 1. The second-order valence-corrected chi connectivity index (χ2v) is 7.33. The maximum atomic E-state index is 12.6. The fraction of sp³-hybridized carbons (Fsp3) is 0.353. The third-order valence-corrected chi connectivity index (χ3v) is 5.15. The maximum Gasteiger partial charge on any atom is 0.237 e. The molecule has 1 aromatic carbocycles. The number of thioether (sulfide) groups is 1. The number of amides is 1. The molecule has 1 atom stereocenters. The first-order valence-corrected chi connectivity index (χ1v) is 9.11. The van der Waals surface area contributed by atoms with Gasteiger partial charge in [-0.1, -0.05) is 42.1 Å². The molecule has 0 aliphatic carbocycles. The highest BCUT2D eigenvalue weighted by atomic mass is 32.2. The maximum absolute atomic E-state index is 12.6. The average Bonchev–Trinajstić information content (AvgIpc) is 3.15. The minimum absolute atomic E-state index is 0.108. The molecule has 136 valence electrons. The Hall–Kier alpha value is -2.68. The van der Waals surface area contributed by atoms with E-state index in [1.807, 2.05) is 58.2 Å². The predicted octanol–water partition coefficient (Wildman–Crippen LogP) is 2.19. The fourth-order valence-electron chi connectivity index (χ4n) is 2.53. The number of hydrogen-bond acceptors (Lipinski definition) is 6. The van der Waals surface area contributed by atoms with Crippen molar-refractivity contribution in [3.05, 3.63) is 47.3 Å². The van der Waals surface area contributed by atoms with E-state index >= 15 is 0 Å². The first-order valence-electron chi connectivity index (χ1n) is 8.23. The molecule has 1 unspecified atom stereocenters. The number of nitrogens with zero attached hydrogens (tertiary/aromatic N) is 6. The molecule has 3 rings (SSSR count). The van der Waals surface area contributed by atoms with Gasteiger partial charge in [0.05, 0.1) is 28.9 Å². The molecular formula is C17H21N7OS. The lowest BCUT2D eigenvalue weighted by atomic mass is 10.2. The van der Waals surface area contributed by atoms with Gasteiger partial charge in [-0.2, -0.15) is 5.10 Å². The number of aromatic nitrogens is 6. The molecule has 0 spiro atoms. The Morgan fingerprint density at radius 3 is 2.65 bits per heavy atom. The van der Waals surface area contributed by atoms with Crippen molar-refractivity contribution in [3.8, 4) is 0 Å². The zero-order valence-electron chi connectivity index (χ0n) is 15.2. The van der Waals surface area contributed by atoms with E-state index in [4.69, 9.17) is 0 Å². The number of aryl methyl sites for hydroxylation is 2. The van der Waals surface area contributed by atoms with Crippen molar-refractivity contribution < 1.29 is 4.79 Å². The lowest BCUT2D eigenvalue weighted by molar-refractivity contribution is -0.115. The summed E-state index contributed by atoms with van der Waals surface area (Å²) in [6.07, 6.45) is 0. The predicted molar refractivity (Wildman–Crippen MR) is 100.0 cm³/mol. The van der Waals surface area contributed by atoms with Gasteiger partial charge in [0.1, 0.15) is 0 Å². The van der Waals surface area contributed by atoms with Crippen LogP contribution in [-0.4, -0.2) is 41.1 Å². The van der Waals surface area contributed by atoms with E-state index in [0.29, 0.717) is 11.7 Å². The monoisotopic (exact) mass is 371 g/mol. The molecule has 1 amide bonds. The Kier molecular flexibility index (Phi) is 5.36. The van der Waals surface area contributed by atoms with Crippen LogP contribution >= 0.6 is 11.8 Å². The molecule has 2 heterocycles. The standard InChI is InChI=1S/C17H21N7OS/c1-11-15(12(2)23(4)20-11)18-16(25)13(3)26-17-19-21-22-24(17)10-14-8-6-5-7-9-14/h5-9,13H,10H2,1-4H3,(H,18,25). The van der Waals surface area contributed by atoms with Crippen molar-refractivity contribution in [3.63, 3.8) is 0 Å². The van der Waals surface area contributed by atoms with Crippen LogP contribution < -0.4 is 5.32 Å². The molecule has 0 bridgehead atoms. The molecule has 0 aliphatic heterocycles. The smallest absolute Gasteiger partial charge is 0.237 e. The molecule has 8 nitrogen and oxygen atoms in total. The van der Waals surface area contributed by atoms with Crippen molar-refractivity contribution in [2.75, 3.05) is 5.32 Å². The number of nitrogens with one attached hydrogen (secondary N) is 1. The minimum atomic E-state index is -0.352. The van der Waals surface area contributed by atoms with Crippen LogP contribution in [0.1, 0.15) is 23.9 Å². The second-order valence-electron chi connectivity index (χ2n) is 6.02. The summed E-state index contributed by atoms with van der Waals surface area (Å²) >= 11 is 1.33. The van der Waals surface area contributed by atoms with Gasteiger partial charge in [-0.25, -0.2) is 4.68 Å². The van der Waals surface area contributed by atoms with Crippen LogP contribution in [-0.2, 0) is 18.4 Å². The summed E-state index contributed by atoms with van der Waals surface area (Å²) in [4.78, 5) is 12.6. The summed E-state index contributed by atoms with van der Waals surface area (Å²) in [5, 5.41) is 19.4. The van der Waals surface area contributed by atoms with Crippen LogP contribution in [0, 0.1) is 13.8 Å². The lowest BCUT2D eigenvalue weighted by Gasteiger charge is -2.12. The molecule has 0 saturated heterocycles. The number of hydrogen-bond donors (Lipinski definition) is 1. The largest absolute Gasteiger partial charge is 0.322 e. The van der Waals surface area contributed by atoms with Gasteiger partial charge in [0.15, 0.2) is 0 Å². The zero-order chi connectivity index (χ0) is 18.7. The van der Waals surface area contributed by atoms with Gasteiger partial charge in [0.2, 0.25) is 11.1 Å². The van der Waals surface area contributed by atoms with Crippen molar-refractivity contribution in [1.29, 1.82) is 0 Å². The quantitative estimate of drug-likeness (QED) is 0.668. The van der Waals surface area contributed by atoms with Gasteiger partial charge in [-0.05, 0) is 36.8 Å². The molecule has 2 aromatic heterocycles. The van der Waals surface area contributed by atoms with Crippen molar-refractivity contribution in [2.24, 2.45) is 7.05 Å². The average molecular weight is 371 g/mol. The van der Waals surface area contributed by atoms with Crippen LogP contribution in [0.5, 0.6) is 0 Å². The van der Waals surface area contributed by atoms with E-state index in [2.05, 4.69) is 25.9 Å². The van der Waals surface area contributed by atoms with Gasteiger partial charge >= 0.3 is 0 Å². The highest BCUT2D eigenvalue weighted by Crippen LogP contribution is 2.24. The van der Waals surface area contributed by atoms with Gasteiger partial charge in [-0.3, -0.25) is 9.48 Å². The van der Waals surface area contributed by atoms with E-state index in [0.717, 1.165) is 22.6 Å². The van der Waals surface area contributed by atoms with Crippen LogP contribution in [0.4, 0.5) is 5.69 Å². The molecule has 0 fully saturated rings. The van der Waals surface area contributed by atoms with E-state index < -0.39 is 0 Å². The summed E-state index contributed by atoms with van der Waals surface area (Å²) in [5.74, 6) is -0.108. The molecule has 0 aliphatic rings. The van der Waals surface area contributed by atoms with Crippen molar-refractivity contribution in [2.45, 2.75) is 37.7 Å². The lowest BCUT2D eigenvalue weighted by Crippen LogP contribution is -2.23. The highest BCUT2D eigenvalue weighted by molar-refractivity contribution is 8.00. The van der Waals surface area contributed by atoms with E-state index in [1.54, 1.807) is 9.36 Å². The normalized spacial score (nSPS) is 12.2. The molecule has 26 heavy (non-hydrogen) atoms. The molecule has 0 saturated carbocycles. The van der Waals surface area contributed by atoms with E-state index in [9.17, 15) is 4.79 Å². The van der Waals surface area contributed by atoms with Crippen LogP contribution in [0.25, 0.3) is 0 Å². The van der Waals surface area contributed by atoms with Gasteiger partial charge < -0.3 is 5.32 Å². The van der Waals surface area contributed by atoms with Crippen LogP contribution in [0.2, 0.25) is 0 Å². The Morgan fingerprint density at radius 1 is 1.27 bits per heavy atom.